The third kappa shape index (κ3) is 3.62. The highest BCUT2D eigenvalue weighted by Gasteiger charge is 2.07. The Morgan fingerprint density at radius 2 is 1.88 bits per heavy atom. The molecule has 0 saturated carbocycles. The van der Waals surface area contributed by atoms with Gasteiger partial charge in [0.1, 0.15) is 24.0 Å². The number of rotatable bonds is 6. The number of aromatic nitrogens is 3. The largest absolute Gasteiger partial charge is 0.488 e. The van der Waals surface area contributed by atoms with Crippen LogP contribution in [0.2, 0.25) is 0 Å². The van der Waals surface area contributed by atoms with E-state index < -0.39 is 0 Å². The number of halogens is 1. The highest BCUT2D eigenvalue weighted by molar-refractivity contribution is 7.71. The molecule has 0 bridgehead atoms. The SMILES string of the molecule is Cc1n[nH]c(=S)n1NCc1ccccc1OCc1ccccc1F. The van der Waals surface area contributed by atoms with E-state index in [1.165, 1.54) is 6.07 Å². The van der Waals surface area contributed by atoms with Crippen LogP contribution in [0.1, 0.15) is 17.0 Å². The second-order valence-electron chi connectivity index (χ2n) is 5.23. The molecular formula is C17H17FN4OS. The fourth-order valence-electron chi connectivity index (χ4n) is 2.29. The normalized spacial score (nSPS) is 10.6. The van der Waals surface area contributed by atoms with Crippen molar-refractivity contribution in [1.82, 2.24) is 14.9 Å². The van der Waals surface area contributed by atoms with Crippen LogP contribution in [0.15, 0.2) is 48.5 Å². The Kier molecular flexibility index (Phi) is 4.90. The number of H-pyrrole nitrogens is 1. The molecule has 124 valence electrons. The average molecular weight is 344 g/mol. The van der Waals surface area contributed by atoms with Crippen LogP contribution >= 0.6 is 12.2 Å². The lowest BCUT2D eigenvalue weighted by Gasteiger charge is -2.14. The van der Waals surface area contributed by atoms with Gasteiger partial charge in [-0.3, -0.25) is 5.10 Å². The van der Waals surface area contributed by atoms with E-state index in [1.807, 2.05) is 31.2 Å². The molecule has 5 nitrogen and oxygen atoms in total. The minimum absolute atomic E-state index is 0.174. The van der Waals surface area contributed by atoms with Gasteiger partial charge in [-0.2, -0.15) is 5.10 Å². The average Bonchev–Trinajstić information content (AvgIpc) is 2.91. The van der Waals surface area contributed by atoms with Gasteiger partial charge in [-0.15, -0.1) is 0 Å². The summed E-state index contributed by atoms with van der Waals surface area (Å²) < 4.78 is 21.7. The Hall–Kier alpha value is -2.67. The van der Waals surface area contributed by atoms with Gasteiger partial charge in [-0.25, -0.2) is 9.07 Å². The van der Waals surface area contributed by atoms with Crippen molar-refractivity contribution in [2.45, 2.75) is 20.1 Å². The van der Waals surface area contributed by atoms with Gasteiger partial charge in [0, 0.05) is 11.1 Å². The van der Waals surface area contributed by atoms with Crippen molar-refractivity contribution in [1.29, 1.82) is 0 Å². The van der Waals surface area contributed by atoms with Crippen LogP contribution in [-0.4, -0.2) is 14.9 Å². The predicted molar refractivity (Wildman–Crippen MR) is 92.4 cm³/mol. The quantitative estimate of drug-likeness (QED) is 0.669. The van der Waals surface area contributed by atoms with E-state index in [2.05, 4.69) is 15.6 Å². The van der Waals surface area contributed by atoms with Crippen LogP contribution in [0.25, 0.3) is 0 Å². The van der Waals surface area contributed by atoms with Crippen molar-refractivity contribution in [2.75, 3.05) is 5.43 Å². The molecule has 0 radical (unpaired) electrons. The summed E-state index contributed by atoms with van der Waals surface area (Å²) in [5, 5.41) is 6.77. The molecule has 0 fully saturated rings. The van der Waals surface area contributed by atoms with Gasteiger partial charge in [-0.1, -0.05) is 36.4 Å². The summed E-state index contributed by atoms with van der Waals surface area (Å²) in [6, 6.07) is 14.2. The zero-order valence-corrected chi connectivity index (χ0v) is 13.9. The minimum atomic E-state index is -0.270. The van der Waals surface area contributed by atoms with Crippen LogP contribution in [0.3, 0.4) is 0 Å². The second-order valence-corrected chi connectivity index (χ2v) is 5.62. The Balaban J connectivity index is 1.71. The van der Waals surface area contributed by atoms with E-state index >= 15 is 0 Å². The summed E-state index contributed by atoms with van der Waals surface area (Å²) in [5.74, 6) is 1.17. The van der Waals surface area contributed by atoms with E-state index in [0.717, 1.165) is 11.4 Å². The van der Waals surface area contributed by atoms with Crippen molar-refractivity contribution in [3.63, 3.8) is 0 Å². The Morgan fingerprint density at radius 1 is 1.17 bits per heavy atom. The zero-order valence-electron chi connectivity index (χ0n) is 13.1. The van der Waals surface area contributed by atoms with Gasteiger partial charge in [-0.05, 0) is 31.3 Å². The molecule has 0 spiro atoms. The van der Waals surface area contributed by atoms with Gasteiger partial charge < -0.3 is 10.2 Å². The molecule has 1 aromatic heterocycles. The summed E-state index contributed by atoms with van der Waals surface area (Å²) in [5.41, 5.74) is 4.65. The molecule has 0 saturated heterocycles. The Bertz CT molecular complexity index is 890. The molecule has 1 heterocycles. The molecule has 3 aromatic rings. The number of aromatic amines is 1. The van der Waals surface area contributed by atoms with E-state index in [-0.39, 0.29) is 12.4 Å². The van der Waals surface area contributed by atoms with Crippen LogP contribution in [0.5, 0.6) is 5.75 Å². The summed E-state index contributed by atoms with van der Waals surface area (Å²) in [6.45, 7) is 2.52. The van der Waals surface area contributed by atoms with Crippen molar-refractivity contribution in [3.8, 4) is 5.75 Å². The number of hydrogen-bond donors (Lipinski definition) is 2. The first kappa shape index (κ1) is 16.2. The molecule has 24 heavy (non-hydrogen) atoms. The lowest BCUT2D eigenvalue weighted by atomic mass is 10.2. The smallest absolute Gasteiger partial charge is 0.214 e. The van der Waals surface area contributed by atoms with Crippen LogP contribution in [0, 0.1) is 17.5 Å². The van der Waals surface area contributed by atoms with Gasteiger partial charge in [0.05, 0.1) is 6.54 Å². The molecule has 0 unspecified atom stereocenters. The summed E-state index contributed by atoms with van der Waals surface area (Å²) >= 11 is 5.16. The molecule has 2 N–H and O–H groups in total. The number of nitrogens with zero attached hydrogens (tertiary/aromatic N) is 2. The maximum absolute atomic E-state index is 13.7. The van der Waals surface area contributed by atoms with E-state index in [4.69, 9.17) is 17.0 Å². The van der Waals surface area contributed by atoms with E-state index in [0.29, 0.717) is 22.6 Å². The van der Waals surface area contributed by atoms with Gasteiger partial charge in [0.15, 0.2) is 0 Å². The zero-order chi connectivity index (χ0) is 16.9. The lowest BCUT2D eigenvalue weighted by molar-refractivity contribution is 0.297. The summed E-state index contributed by atoms with van der Waals surface area (Å²) in [4.78, 5) is 0. The second kappa shape index (κ2) is 7.27. The third-order valence-corrected chi connectivity index (χ3v) is 3.86. The third-order valence-electron chi connectivity index (χ3n) is 3.58. The summed E-state index contributed by atoms with van der Waals surface area (Å²) in [7, 11) is 0. The van der Waals surface area contributed by atoms with Crippen molar-refractivity contribution < 1.29 is 9.13 Å². The predicted octanol–water partition coefficient (Wildman–Crippen LogP) is 3.71. The number of ether oxygens (including phenoxy) is 1. The van der Waals surface area contributed by atoms with Crippen LogP contribution in [0.4, 0.5) is 4.39 Å². The van der Waals surface area contributed by atoms with Crippen LogP contribution in [-0.2, 0) is 13.2 Å². The number of aryl methyl sites for hydroxylation is 1. The first-order chi connectivity index (χ1) is 11.6. The Morgan fingerprint density at radius 3 is 2.58 bits per heavy atom. The van der Waals surface area contributed by atoms with Gasteiger partial charge in [0.25, 0.3) is 0 Å². The molecular weight excluding hydrogens is 327 g/mol. The minimum Gasteiger partial charge on any atom is -0.488 e. The van der Waals surface area contributed by atoms with Crippen molar-refractivity contribution in [3.05, 3.63) is 76.1 Å². The molecule has 0 atom stereocenters. The monoisotopic (exact) mass is 344 g/mol. The standard InChI is InChI=1S/C17H17FN4OS/c1-12-20-21-17(24)22(12)19-10-13-6-3-5-9-16(13)23-11-14-7-2-4-8-15(14)18/h2-9,19H,10-11H2,1H3,(H,21,24). The number of benzene rings is 2. The first-order valence-electron chi connectivity index (χ1n) is 7.47. The summed E-state index contributed by atoms with van der Waals surface area (Å²) in [6.07, 6.45) is 0. The Labute approximate surface area is 144 Å². The fraction of sp³-hybridized carbons (Fsp3) is 0.176. The maximum atomic E-state index is 13.7. The highest BCUT2D eigenvalue weighted by Crippen LogP contribution is 2.20. The molecule has 0 aliphatic rings. The molecule has 3 rings (SSSR count). The molecule has 2 aromatic carbocycles. The van der Waals surface area contributed by atoms with Crippen LogP contribution < -0.4 is 10.2 Å². The van der Waals surface area contributed by atoms with Gasteiger partial charge in [0.2, 0.25) is 4.77 Å². The maximum Gasteiger partial charge on any atom is 0.214 e. The van der Waals surface area contributed by atoms with Crippen molar-refractivity contribution >= 4 is 12.2 Å². The lowest BCUT2D eigenvalue weighted by Crippen LogP contribution is -2.16. The topological polar surface area (TPSA) is 54.9 Å². The molecule has 0 aliphatic carbocycles. The van der Waals surface area contributed by atoms with E-state index in [1.54, 1.807) is 22.9 Å². The molecule has 0 amide bonds. The molecule has 7 heteroatoms. The highest BCUT2D eigenvalue weighted by atomic mass is 32.1. The first-order valence-corrected chi connectivity index (χ1v) is 7.88. The number of nitrogens with one attached hydrogen (secondary N) is 2. The number of hydrogen-bond acceptors (Lipinski definition) is 4. The number of para-hydroxylation sites is 1. The van der Waals surface area contributed by atoms with Gasteiger partial charge >= 0.3 is 0 Å². The van der Waals surface area contributed by atoms with E-state index in [9.17, 15) is 4.39 Å². The fourth-order valence-corrected chi connectivity index (χ4v) is 2.53. The molecule has 0 aliphatic heterocycles. The van der Waals surface area contributed by atoms with Crippen molar-refractivity contribution in [2.24, 2.45) is 0 Å².